The van der Waals surface area contributed by atoms with E-state index in [0.717, 1.165) is 87.7 Å². The van der Waals surface area contributed by atoms with Crippen LogP contribution in [-0.2, 0) is 38.4 Å². The van der Waals surface area contributed by atoms with Crippen molar-refractivity contribution in [3.63, 3.8) is 0 Å². The number of amides is 4. The number of nitrogens with zero attached hydrogens (tertiary/aromatic N) is 2. The Morgan fingerprint density at radius 2 is 0.873 bits per heavy atom. The first-order valence-electron chi connectivity index (χ1n) is 19.6. The molecule has 2 saturated heterocycles. The topological polar surface area (TPSA) is 213 Å². The Hall–Kier alpha value is -1.88. The molecule has 4 amide bonds. The van der Waals surface area contributed by atoms with E-state index in [4.69, 9.17) is 0 Å². The molecule has 2 N–H and O–H groups in total. The molecule has 0 radical (unpaired) electrons. The van der Waals surface area contributed by atoms with Gasteiger partial charge in [-0.2, -0.15) is 0 Å². The normalized spacial score (nSPS) is 22.5. The number of aliphatic carboxylic acids is 2. The van der Waals surface area contributed by atoms with E-state index in [2.05, 4.69) is 10.6 Å². The van der Waals surface area contributed by atoms with E-state index in [0.29, 0.717) is 38.8 Å². The molecule has 14 nitrogen and oxygen atoms in total. The van der Waals surface area contributed by atoms with Crippen molar-refractivity contribution in [2.24, 2.45) is 23.7 Å². The van der Waals surface area contributed by atoms with E-state index >= 15 is 0 Å². The van der Waals surface area contributed by atoms with Crippen LogP contribution in [0.15, 0.2) is 0 Å². The van der Waals surface area contributed by atoms with Gasteiger partial charge in [0.05, 0.1) is 36.1 Å². The number of carboxylic acids is 2. The minimum absolute atomic E-state index is 0. The Morgan fingerprint density at radius 3 is 1.18 bits per heavy atom. The quantitative estimate of drug-likeness (QED) is 0.235. The predicted octanol–water partition coefficient (Wildman–Crippen LogP) is 1.04. The van der Waals surface area contributed by atoms with Crippen molar-refractivity contribution < 1.29 is 48.6 Å². The number of carbonyl (C=O) groups is 8. The first-order valence-corrected chi connectivity index (χ1v) is 21.6. The summed E-state index contributed by atoms with van der Waals surface area (Å²) in [5.41, 5.74) is 0. The van der Waals surface area contributed by atoms with Crippen LogP contribution in [0, 0.1) is 23.7 Å². The number of likely N-dealkylation sites (tertiary alicyclic amines) is 2. The summed E-state index contributed by atoms with van der Waals surface area (Å²) in [7, 11) is 0. The Balaban J connectivity index is 0.000000373. The van der Waals surface area contributed by atoms with Crippen LogP contribution in [0.3, 0.4) is 0 Å². The maximum absolute atomic E-state index is 12.5. The summed E-state index contributed by atoms with van der Waals surface area (Å²) in [6.07, 6.45) is 12.2. The standard InChI is InChI=1S/2C19H30N2O5S.Ca/c2*1-12(17(23)21-10-6-9-15(21)18(24)25)11-27-19(26)13(2)20-16(22)14-7-4-3-5-8-14;/h2*12-15H,3-11H2,1-2H3,(H,20,22)(H,24,25);/q;;+2/p-2/t2*12-,13?,15+;/m00./s1. The fourth-order valence-electron chi connectivity index (χ4n) is 7.43. The molecule has 2 unspecified atom stereocenters. The van der Waals surface area contributed by atoms with Crippen molar-refractivity contribution >= 4 is 107 Å². The Bertz CT molecular complexity index is 1260. The van der Waals surface area contributed by atoms with Crippen LogP contribution >= 0.6 is 23.5 Å². The molecule has 4 fully saturated rings. The maximum atomic E-state index is 12.5. The molecular formula is C38H58CaN4O10S2. The molecule has 0 aromatic carbocycles. The van der Waals surface area contributed by atoms with E-state index in [1.54, 1.807) is 27.7 Å². The second-order valence-corrected chi connectivity index (χ2v) is 17.3. The van der Waals surface area contributed by atoms with Crippen molar-refractivity contribution in [3.8, 4) is 0 Å². The molecule has 6 atom stereocenters. The van der Waals surface area contributed by atoms with Gasteiger partial charge in [-0.1, -0.05) is 75.9 Å². The molecule has 2 heterocycles. The van der Waals surface area contributed by atoms with E-state index < -0.39 is 47.9 Å². The Kier molecular flexibility index (Phi) is 22.2. The van der Waals surface area contributed by atoms with Gasteiger partial charge in [0.15, 0.2) is 0 Å². The van der Waals surface area contributed by atoms with Crippen LogP contribution in [0.5, 0.6) is 0 Å². The summed E-state index contributed by atoms with van der Waals surface area (Å²) in [5, 5.41) is 27.5. The van der Waals surface area contributed by atoms with E-state index in [-0.39, 0.29) is 94.9 Å². The van der Waals surface area contributed by atoms with Crippen LogP contribution < -0.4 is 20.8 Å². The summed E-state index contributed by atoms with van der Waals surface area (Å²) < 4.78 is 0. The average molecular weight is 835 g/mol. The summed E-state index contributed by atoms with van der Waals surface area (Å²) in [4.78, 5) is 99.0. The first kappa shape index (κ1) is 49.3. The average Bonchev–Trinajstić information content (AvgIpc) is 3.87. The number of rotatable bonds is 14. The number of hydrogen-bond donors (Lipinski definition) is 2. The third kappa shape index (κ3) is 15.4. The summed E-state index contributed by atoms with van der Waals surface area (Å²) in [5.74, 6) is -3.53. The maximum Gasteiger partial charge on any atom is 2.00 e. The van der Waals surface area contributed by atoms with Crippen molar-refractivity contribution in [1.29, 1.82) is 0 Å². The Labute approximate surface area is 363 Å². The molecule has 2 aliphatic carbocycles. The zero-order valence-corrected chi connectivity index (χ0v) is 36.7. The van der Waals surface area contributed by atoms with Crippen LogP contribution in [-0.4, -0.2) is 142 Å². The number of carboxylic acid groups (broad SMARTS) is 2. The van der Waals surface area contributed by atoms with Gasteiger partial charge >= 0.3 is 37.7 Å². The Morgan fingerprint density at radius 1 is 0.545 bits per heavy atom. The minimum Gasteiger partial charge on any atom is -0.548 e. The fraction of sp³-hybridized carbons (Fsp3) is 0.789. The van der Waals surface area contributed by atoms with Gasteiger partial charge in [0.1, 0.15) is 0 Å². The van der Waals surface area contributed by atoms with Crippen LogP contribution in [0.25, 0.3) is 0 Å². The third-order valence-corrected chi connectivity index (χ3v) is 13.4. The molecule has 0 bridgehead atoms. The minimum atomic E-state index is -1.23. The predicted molar refractivity (Wildman–Crippen MR) is 207 cm³/mol. The van der Waals surface area contributed by atoms with Crippen molar-refractivity contribution in [1.82, 2.24) is 20.4 Å². The smallest absolute Gasteiger partial charge is 0.548 e. The van der Waals surface area contributed by atoms with Gasteiger partial charge in [0, 0.05) is 48.3 Å². The molecule has 0 aromatic rings. The molecule has 304 valence electrons. The van der Waals surface area contributed by atoms with Gasteiger partial charge in [-0.15, -0.1) is 0 Å². The van der Waals surface area contributed by atoms with E-state index in [1.165, 1.54) is 9.80 Å². The summed E-state index contributed by atoms with van der Waals surface area (Å²) >= 11 is 2.03. The molecule has 55 heavy (non-hydrogen) atoms. The molecule has 0 spiro atoms. The number of nitrogens with one attached hydrogen (secondary N) is 2. The van der Waals surface area contributed by atoms with Gasteiger partial charge < -0.3 is 40.2 Å². The molecule has 4 rings (SSSR count). The molecule has 2 aliphatic heterocycles. The van der Waals surface area contributed by atoms with E-state index in [1.807, 2.05) is 0 Å². The van der Waals surface area contributed by atoms with Crippen molar-refractivity contribution in [2.45, 2.75) is 142 Å². The van der Waals surface area contributed by atoms with Gasteiger partial charge in [0.25, 0.3) is 0 Å². The molecule has 17 heteroatoms. The van der Waals surface area contributed by atoms with Crippen LogP contribution in [0.2, 0.25) is 0 Å². The first-order chi connectivity index (χ1) is 25.6. The molecule has 2 saturated carbocycles. The zero-order valence-electron chi connectivity index (χ0n) is 32.8. The molecule has 4 aliphatic rings. The second-order valence-electron chi connectivity index (χ2n) is 15.2. The number of hydrogen-bond acceptors (Lipinski definition) is 12. The van der Waals surface area contributed by atoms with Gasteiger partial charge in [-0.3, -0.25) is 28.8 Å². The second kappa shape index (κ2) is 24.8. The van der Waals surface area contributed by atoms with Gasteiger partial charge in [-0.05, 0) is 65.2 Å². The van der Waals surface area contributed by atoms with Gasteiger partial charge in [-0.25, -0.2) is 0 Å². The van der Waals surface area contributed by atoms with Crippen molar-refractivity contribution in [2.75, 3.05) is 24.6 Å². The van der Waals surface area contributed by atoms with Crippen LogP contribution in [0.4, 0.5) is 0 Å². The van der Waals surface area contributed by atoms with Gasteiger partial charge in [0.2, 0.25) is 33.9 Å². The fourth-order valence-corrected chi connectivity index (χ4v) is 9.17. The zero-order chi connectivity index (χ0) is 39.9. The number of thioether (sulfide) groups is 2. The molecule has 0 aromatic heterocycles. The number of carbonyl (C=O) groups excluding carboxylic acids is 8. The summed E-state index contributed by atoms with van der Waals surface area (Å²) in [6, 6.07) is -2.94. The third-order valence-electron chi connectivity index (χ3n) is 10.8. The van der Waals surface area contributed by atoms with Crippen LogP contribution in [0.1, 0.15) is 118 Å². The monoisotopic (exact) mass is 834 g/mol. The SMILES string of the molecule is CC(NC(=O)C1CCCCC1)C(=O)SC[C@H](C)C(=O)N1CCC[C@@H]1C(=O)[O-].CC(NC(=O)C1CCCCC1)C(=O)SC[C@H](C)C(=O)N1CCC[C@@H]1C(=O)[O-].[Ca+2]. The van der Waals surface area contributed by atoms with Crippen molar-refractivity contribution in [3.05, 3.63) is 0 Å². The van der Waals surface area contributed by atoms with E-state index in [9.17, 15) is 48.6 Å². The largest absolute Gasteiger partial charge is 2.00 e. The molecular weight excluding hydrogens is 777 g/mol. The summed E-state index contributed by atoms with van der Waals surface area (Å²) in [6.45, 7) is 7.53.